The predicted molar refractivity (Wildman–Crippen MR) is 110 cm³/mol. The van der Waals surface area contributed by atoms with Gasteiger partial charge in [0.1, 0.15) is 5.75 Å². The second kappa shape index (κ2) is 8.68. The van der Waals surface area contributed by atoms with E-state index in [9.17, 15) is 18.0 Å². The quantitative estimate of drug-likeness (QED) is 0.752. The first-order valence-corrected chi connectivity index (χ1v) is 10.1. The number of hydrogen-bond acceptors (Lipinski definition) is 3. The van der Waals surface area contributed by atoms with Gasteiger partial charge in [-0.05, 0) is 64.0 Å². The number of alkyl halides is 3. The van der Waals surface area contributed by atoms with E-state index in [1.807, 2.05) is 37.4 Å². The fraction of sp³-hybridized carbons (Fsp3) is 0.435. The molecule has 1 fully saturated rings. The molecule has 0 spiro atoms. The SMILES string of the molecule is CC(C)Oc1cc(C(F)(F)F)ccc1C(=O)NC1(c2ccccc2)CCCN(C)C1. The van der Waals surface area contributed by atoms with Gasteiger partial charge in [-0.1, -0.05) is 30.3 Å². The van der Waals surface area contributed by atoms with Crippen molar-refractivity contribution in [3.05, 3.63) is 65.2 Å². The number of carbonyl (C=O) groups excluding carboxylic acids is 1. The number of likely N-dealkylation sites (tertiary alicyclic amines) is 1. The predicted octanol–water partition coefficient (Wildman–Crippen LogP) is 4.84. The Labute approximate surface area is 175 Å². The van der Waals surface area contributed by atoms with Gasteiger partial charge in [0, 0.05) is 6.54 Å². The van der Waals surface area contributed by atoms with Crippen LogP contribution in [0.4, 0.5) is 13.2 Å². The van der Waals surface area contributed by atoms with Gasteiger partial charge in [-0.25, -0.2) is 0 Å². The molecule has 0 saturated carbocycles. The molecule has 1 atom stereocenters. The van der Waals surface area contributed by atoms with Crippen molar-refractivity contribution in [2.45, 2.75) is 44.5 Å². The minimum atomic E-state index is -4.51. The summed E-state index contributed by atoms with van der Waals surface area (Å²) in [7, 11) is 1.99. The first kappa shape index (κ1) is 22.2. The maximum Gasteiger partial charge on any atom is 0.416 e. The number of benzene rings is 2. The van der Waals surface area contributed by atoms with E-state index in [0.717, 1.165) is 37.1 Å². The van der Waals surface area contributed by atoms with Crippen LogP contribution < -0.4 is 10.1 Å². The molecule has 2 aromatic carbocycles. The van der Waals surface area contributed by atoms with Crippen molar-refractivity contribution in [2.24, 2.45) is 0 Å². The highest BCUT2D eigenvalue weighted by Gasteiger charge is 2.38. The molecular weight excluding hydrogens is 393 g/mol. The van der Waals surface area contributed by atoms with Crippen molar-refractivity contribution in [2.75, 3.05) is 20.1 Å². The van der Waals surface area contributed by atoms with E-state index in [1.165, 1.54) is 6.07 Å². The molecule has 1 N–H and O–H groups in total. The summed E-state index contributed by atoms with van der Waals surface area (Å²) < 4.78 is 45.1. The van der Waals surface area contributed by atoms with Gasteiger partial charge in [0.25, 0.3) is 5.91 Å². The summed E-state index contributed by atoms with van der Waals surface area (Å²) in [6, 6.07) is 12.7. The molecule has 7 heteroatoms. The maximum atomic E-state index is 13.3. The number of nitrogens with one attached hydrogen (secondary N) is 1. The van der Waals surface area contributed by atoms with Crippen molar-refractivity contribution >= 4 is 5.91 Å². The summed E-state index contributed by atoms with van der Waals surface area (Å²) in [6.45, 7) is 4.96. The average molecular weight is 420 g/mol. The Balaban J connectivity index is 1.98. The highest BCUT2D eigenvalue weighted by Crippen LogP contribution is 2.35. The summed E-state index contributed by atoms with van der Waals surface area (Å²) >= 11 is 0. The second-order valence-corrected chi connectivity index (χ2v) is 8.12. The number of nitrogens with zero attached hydrogens (tertiary/aromatic N) is 1. The molecule has 0 bridgehead atoms. The summed E-state index contributed by atoms with van der Waals surface area (Å²) in [5.41, 5.74) is -0.392. The zero-order valence-electron chi connectivity index (χ0n) is 17.4. The minimum absolute atomic E-state index is 0.0651. The lowest BCUT2D eigenvalue weighted by molar-refractivity contribution is -0.137. The maximum absolute atomic E-state index is 13.3. The highest BCUT2D eigenvalue weighted by molar-refractivity contribution is 5.97. The van der Waals surface area contributed by atoms with E-state index in [4.69, 9.17) is 4.74 Å². The topological polar surface area (TPSA) is 41.6 Å². The summed E-state index contributed by atoms with van der Waals surface area (Å²) in [4.78, 5) is 15.4. The normalized spacial score (nSPS) is 20.2. The molecule has 0 radical (unpaired) electrons. The molecule has 4 nitrogen and oxygen atoms in total. The largest absolute Gasteiger partial charge is 0.490 e. The van der Waals surface area contributed by atoms with Crippen LogP contribution in [-0.2, 0) is 11.7 Å². The van der Waals surface area contributed by atoms with E-state index in [1.54, 1.807) is 13.8 Å². The third-order valence-corrected chi connectivity index (χ3v) is 5.28. The van der Waals surface area contributed by atoms with Gasteiger partial charge in [-0.3, -0.25) is 4.79 Å². The van der Waals surface area contributed by atoms with Gasteiger partial charge in [-0.2, -0.15) is 13.2 Å². The van der Waals surface area contributed by atoms with Crippen molar-refractivity contribution in [1.82, 2.24) is 10.2 Å². The van der Waals surface area contributed by atoms with Gasteiger partial charge >= 0.3 is 6.18 Å². The first-order chi connectivity index (χ1) is 14.1. The standard InChI is InChI=1S/C23H27F3N2O2/c1-16(2)30-20-14-18(23(24,25)26)10-11-19(20)21(29)27-22(12-7-13-28(3)15-22)17-8-5-4-6-9-17/h4-6,8-11,14,16H,7,12-13,15H2,1-3H3,(H,27,29). The molecule has 3 rings (SSSR count). The van der Waals surface area contributed by atoms with Crippen molar-refractivity contribution < 1.29 is 22.7 Å². The fourth-order valence-corrected chi connectivity index (χ4v) is 3.96. The lowest BCUT2D eigenvalue weighted by Gasteiger charge is -2.42. The van der Waals surface area contributed by atoms with Crippen LogP contribution in [0.3, 0.4) is 0 Å². The number of ether oxygens (including phenoxy) is 1. The smallest absolute Gasteiger partial charge is 0.416 e. The van der Waals surface area contributed by atoms with Gasteiger partial charge in [0.15, 0.2) is 0 Å². The van der Waals surface area contributed by atoms with Gasteiger partial charge in [0.05, 0.1) is 22.8 Å². The van der Waals surface area contributed by atoms with Crippen molar-refractivity contribution in [3.8, 4) is 5.75 Å². The van der Waals surface area contributed by atoms with E-state index < -0.39 is 23.2 Å². The molecule has 30 heavy (non-hydrogen) atoms. The zero-order valence-corrected chi connectivity index (χ0v) is 17.4. The molecule has 1 unspecified atom stereocenters. The molecule has 1 saturated heterocycles. The molecule has 1 aliphatic rings. The summed E-state index contributed by atoms with van der Waals surface area (Å²) in [6.07, 6.45) is -3.24. The number of carbonyl (C=O) groups is 1. The molecule has 2 aromatic rings. The van der Waals surface area contributed by atoms with Crippen LogP contribution in [-0.4, -0.2) is 37.0 Å². The number of rotatable bonds is 5. The van der Waals surface area contributed by atoms with Crippen LogP contribution in [0, 0.1) is 0 Å². The van der Waals surface area contributed by atoms with Crippen LogP contribution in [0.1, 0.15) is 48.2 Å². The van der Waals surface area contributed by atoms with E-state index in [-0.39, 0.29) is 17.4 Å². The number of piperidine rings is 1. The Morgan fingerprint density at radius 3 is 2.47 bits per heavy atom. The van der Waals surface area contributed by atoms with Crippen LogP contribution in [0.5, 0.6) is 5.75 Å². The molecule has 0 aromatic heterocycles. The Kier molecular flexibility index (Phi) is 6.41. The molecule has 1 aliphatic heterocycles. The third kappa shape index (κ3) is 4.95. The first-order valence-electron chi connectivity index (χ1n) is 10.1. The molecule has 1 amide bonds. The number of amides is 1. The summed E-state index contributed by atoms with van der Waals surface area (Å²) in [5, 5.41) is 3.13. The molecule has 1 heterocycles. The van der Waals surface area contributed by atoms with Gasteiger partial charge < -0.3 is 15.0 Å². The highest BCUT2D eigenvalue weighted by atomic mass is 19.4. The Hall–Kier alpha value is -2.54. The summed E-state index contributed by atoms with van der Waals surface area (Å²) in [5.74, 6) is -0.511. The number of hydrogen-bond donors (Lipinski definition) is 1. The number of halogens is 3. The molecular formula is C23H27F3N2O2. The number of likely N-dealkylation sites (N-methyl/N-ethyl adjacent to an activating group) is 1. The van der Waals surface area contributed by atoms with Crippen molar-refractivity contribution in [1.29, 1.82) is 0 Å². The van der Waals surface area contributed by atoms with Crippen LogP contribution >= 0.6 is 0 Å². The van der Waals surface area contributed by atoms with Crippen LogP contribution in [0.2, 0.25) is 0 Å². The van der Waals surface area contributed by atoms with E-state index >= 15 is 0 Å². The Morgan fingerprint density at radius 2 is 1.87 bits per heavy atom. The molecule has 162 valence electrons. The third-order valence-electron chi connectivity index (χ3n) is 5.28. The van der Waals surface area contributed by atoms with Gasteiger partial charge in [-0.15, -0.1) is 0 Å². The Bertz CT molecular complexity index is 884. The van der Waals surface area contributed by atoms with Gasteiger partial charge in [0.2, 0.25) is 0 Å². The molecule has 0 aliphatic carbocycles. The monoisotopic (exact) mass is 420 g/mol. The van der Waals surface area contributed by atoms with E-state index in [0.29, 0.717) is 6.54 Å². The van der Waals surface area contributed by atoms with Crippen molar-refractivity contribution in [3.63, 3.8) is 0 Å². The lowest BCUT2D eigenvalue weighted by Crippen LogP contribution is -2.55. The minimum Gasteiger partial charge on any atom is -0.490 e. The Morgan fingerprint density at radius 1 is 1.17 bits per heavy atom. The van der Waals surface area contributed by atoms with Crippen LogP contribution in [0.25, 0.3) is 0 Å². The van der Waals surface area contributed by atoms with E-state index in [2.05, 4.69) is 10.2 Å². The average Bonchev–Trinajstić information content (AvgIpc) is 2.67. The van der Waals surface area contributed by atoms with Crippen LogP contribution in [0.15, 0.2) is 48.5 Å². The lowest BCUT2D eigenvalue weighted by atomic mass is 9.82. The zero-order chi connectivity index (χ0) is 21.9. The second-order valence-electron chi connectivity index (χ2n) is 8.12. The fourth-order valence-electron chi connectivity index (χ4n) is 3.96.